The van der Waals surface area contributed by atoms with Crippen molar-refractivity contribution in [3.8, 4) is 11.6 Å². The van der Waals surface area contributed by atoms with Gasteiger partial charge in [0.1, 0.15) is 17.6 Å². The maximum Gasteiger partial charge on any atom is 0.227 e. The summed E-state index contributed by atoms with van der Waals surface area (Å²) in [6, 6.07) is 11.8. The molecular weight excluding hydrogens is 402 g/mol. The summed E-state index contributed by atoms with van der Waals surface area (Å²) in [7, 11) is 0. The minimum atomic E-state index is 0.506. The van der Waals surface area contributed by atoms with Crippen molar-refractivity contribution in [1.82, 2.24) is 19.9 Å². The fourth-order valence-electron chi connectivity index (χ4n) is 3.74. The lowest BCUT2D eigenvalue weighted by Gasteiger charge is -2.11. The highest BCUT2D eigenvalue weighted by atomic mass is 16.5. The summed E-state index contributed by atoms with van der Waals surface area (Å²) >= 11 is 0. The minimum absolute atomic E-state index is 0.506. The molecule has 162 valence electrons. The van der Waals surface area contributed by atoms with E-state index in [0.29, 0.717) is 25.0 Å². The molecule has 0 radical (unpaired) electrons. The second-order valence-electron chi connectivity index (χ2n) is 7.73. The summed E-state index contributed by atoms with van der Waals surface area (Å²) in [5.74, 6) is 1.87. The predicted molar refractivity (Wildman–Crippen MR) is 126 cm³/mol. The molecular formula is C25H25N5O2. The summed E-state index contributed by atoms with van der Waals surface area (Å²) in [5, 5.41) is 5.09. The third kappa shape index (κ3) is 4.61. The normalized spacial score (nSPS) is 16.2. The lowest BCUT2D eigenvalue weighted by atomic mass is 10.2. The molecule has 0 amide bonds. The molecule has 2 aromatic heterocycles. The quantitative estimate of drug-likeness (QED) is 0.366. The second-order valence-corrected chi connectivity index (χ2v) is 7.73. The Balaban J connectivity index is 1.50. The van der Waals surface area contributed by atoms with E-state index in [0.717, 1.165) is 65.3 Å². The maximum atomic E-state index is 6.07. The number of anilines is 2. The van der Waals surface area contributed by atoms with Crippen LogP contribution in [-0.2, 0) is 0 Å². The molecule has 1 aliphatic rings. The van der Waals surface area contributed by atoms with Crippen molar-refractivity contribution >= 4 is 33.4 Å². The van der Waals surface area contributed by atoms with Crippen molar-refractivity contribution in [2.75, 3.05) is 18.5 Å². The highest BCUT2D eigenvalue weighted by molar-refractivity contribution is 5.88. The molecule has 1 N–H and O–H groups in total. The highest BCUT2D eigenvalue weighted by Gasteiger charge is 2.10. The SMILES string of the molecule is C1=C/CCOc2ncnc3ccc(cc23)Nc2ncc3cccc(c3n2)OCCCCC/1. The van der Waals surface area contributed by atoms with Crippen LogP contribution in [0.15, 0.2) is 61.1 Å². The van der Waals surface area contributed by atoms with Gasteiger partial charge in [-0.05, 0) is 56.4 Å². The number of benzene rings is 2. The van der Waals surface area contributed by atoms with Gasteiger partial charge in [-0.25, -0.2) is 19.9 Å². The Morgan fingerprint density at radius 3 is 2.81 bits per heavy atom. The Morgan fingerprint density at radius 1 is 0.844 bits per heavy atom. The fraction of sp³-hybridized carbons (Fsp3) is 0.280. The first-order chi connectivity index (χ1) is 15.9. The summed E-state index contributed by atoms with van der Waals surface area (Å²) in [6.07, 6.45) is 12.9. The van der Waals surface area contributed by atoms with Gasteiger partial charge in [0.15, 0.2) is 0 Å². The molecule has 0 unspecified atom stereocenters. The Kier molecular flexibility index (Phi) is 6.05. The number of aromatic nitrogens is 4. The van der Waals surface area contributed by atoms with Crippen LogP contribution in [0.2, 0.25) is 0 Å². The van der Waals surface area contributed by atoms with Crippen LogP contribution >= 0.6 is 0 Å². The molecule has 4 aromatic rings. The molecule has 7 heteroatoms. The zero-order valence-corrected chi connectivity index (χ0v) is 17.8. The molecule has 0 aliphatic carbocycles. The number of rotatable bonds is 0. The van der Waals surface area contributed by atoms with E-state index in [1.165, 1.54) is 6.33 Å². The second kappa shape index (κ2) is 9.60. The number of para-hydroxylation sites is 1. The molecule has 3 heterocycles. The van der Waals surface area contributed by atoms with Gasteiger partial charge in [-0.15, -0.1) is 0 Å². The zero-order chi connectivity index (χ0) is 21.6. The smallest absolute Gasteiger partial charge is 0.227 e. The van der Waals surface area contributed by atoms with Crippen LogP contribution in [0.4, 0.5) is 11.6 Å². The number of nitrogens with zero attached hydrogens (tertiary/aromatic N) is 4. The fourth-order valence-corrected chi connectivity index (χ4v) is 3.74. The molecule has 5 rings (SSSR count). The Labute approximate surface area is 186 Å². The van der Waals surface area contributed by atoms with Crippen molar-refractivity contribution in [3.05, 3.63) is 61.1 Å². The van der Waals surface area contributed by atoms with Gasteiger partial charge in [-0.2, -0.15) is 0 Å². The standard InChI is InChI=1S/C25H25N5O2/c1-2-4-6-13-31-22-10-8-9-18-16-26-25(30-23(18)22)29-19-11-12-21-20(15-19)24(28-17-27-21)32-14-7-5-3-1/h3,5,8-12,15-17H,1-2,4,6-7,13-14H2,(H,26,29,30)/b5-3+. The number of fused-ring (bicyclic) bond motifs is 2. The highest BCUT2D eigenvalue weighted by Crippen LogP contribution is 2.28. The number of hydrogen-bond acceptors (Lipinski definition) is 7. The van der Waals surface area contributed by atoms with Crippen LogP contribution in [-0.4, -0.2) is 33.1 Å². The largest absolute Gasteiger partial charge is 0.491 e. The average molecular weight is 428 g/mol. The third-order valence-corrected chi connectivity index (χ3v) is 5.39. The summed E-state index contributed by atoms with van der Waals surface area (Å²) in [6.45, 7) is 1.25. The van der Waals surface area contributed by atoms with E-state index in [-0.39, 0.29) is 0 Å². The molecule has 4 bridgehead atoms. The lowest BCUT2D eigenvalue weighted by Crippen LogP contribution is -2.02. The molecule has 2 aromatic carbocycles. The zero-order valence-electron chi connectivity index (χ0n) is 17.8. The van der Waals surface area contributed by atoms with Gasteiger partial charge in [0.2, 0.25) is 11.8 Å². The number of nitrogens with one attached hydrogen (secondary N) is 1. The maximum absolute atomic E-state index is 6.07. The van der Waals surface area contributed by atoms with Crippen molar-refractivity contribution in [1.29, 1.82) is 0 Å². The summed E-state index contributed by atoms with van der Waals surface area (Å²) in [5.41, 5.74) is 2.47. The number of allylic oxidation sites excluding steroid dienone is 1. The molecule has 0 saturated heterocycles. The summed E-state index contributed by atoms with van der Waals surface area (Å²) < 4.78 is 12.0. The van der Waals surface area contributed by atoms with Gasteiger partial charge in [0.05, 0.1) is 24.1 Å². The molecule has 1 aliphatic heterocycles. The summed E-state index contributed by atoms with van der Waals surface area (Å²) in [4.78, 5) is 17.9. The van der Waals surface area contributed by atoms with Crippen molar-refractivity contribution in [3.63, 3.8) is 0 Å². The van der Waals surface area contributed by atoms with E-state index in [1.807, 2.05) is 42.6 Å². The first-order valence-corrected chi connectivity index (χ1v) is 11.0. The van der Waals surface area contributed by atoms with Crippen LogP contribution in [0.5, 0.6) is 11.6 Å². The van der Waals surface area contributed by atoms with Crippen LogP contribution in [0.3, 0.4) is 0 Å². The molecule has 0 atom stereocenters. The first kappa shape index (κ1) is 20.2. The van der Waals surface area contributed by atoms with Gasteiger partial charge in [-0.3, -0.25) is 0 Å². The van der Waals surface area contributed by atoms with Gasteiger partial charge in [0, 0.05) is 17.3 Å². The van der Waals surface area contributed by atoms with Crippen molar-refractivity contribution < 1.29 is 9.47 Å². The van der Waals surface area contributed by atoms with Crippen molar-refractivity contribution in [2.24, 2.45) is 0 Å². The molecule has 0 spiro atoms. The van der Waals surface area contributed by atoms with Crippen LogP contribution in [0.25, 0.3) is 21.8 Å². The van der Waals surface area contributed by atoms with Gasteiger partial charge in [-0.1, -0.05) is 24.3 Å². The molecule has 0 fully saturated rings. The number of hydrogen-bond donors (Lipinski definition) is 1. The Morgan fingerprint density at radius 2 is 1.81 bits per heavy atom. The molecule has 0 saturated carbocycles. The third-order valence-electron chi connectivity index (χ3n) is 5.39. The van der Waals surface area contributed by atoms with E-state index < -0.39 is 0 Å². The first-order valence-electron chi connectivity index (χ1n) is 11.0. The van der Waals surface area contributed by atoms with Crippen molar-refractivity contribution in [2.45, 2.75) is 32.1 Å². The van der Waals surface area contributed by atoms with Gasteiger partial charge < -0.3 is 14.8 Å². The van der Waals surface area contributed by atoms with E-state index >= 15 is 0 Å². The monoisotopic (exact) mass is 427 g/mol. The van der Waals surface area contributed by atoms with Crippen LogP contribution < -0.4 is 14.8 Å². The van der Waals surface area contributed by atoms with E-state index in [4.69, 9.17) is 14.5 Å². The molecule has 32 heavy (non-hydrogen) atoms. The average Bonchev–Trinajstić information content (AvgIpc) is 2.82. The van der Waals surface area contributed by atoms with Gasteiger partial charge in [0.25, 0.3) is 0 Å². The Bertz CT molecular complexity index is 1260. The molecule has 7 nitrogen and oxygen atoms in total. The van der Waals surface area contributed by atoms with E-state index in [2.05, 4.69) is 32.4 Å². The van der Waals surface area contributed by atoms with E-state index in [1.54, 1.807) is 0 Å². The minimum Gasteiger partial charge on any atom is -0.491 e. The topological polar surface area (TPSA) is 82.1 Å². The number of ether oxygens (including phenoxy) is 2. The van der Waals surface area contributed by atoms with Gasteiger partial charge >= 0.3 is 0 Å². The van der Waals surface area contributed by atoms with E-state index in [9.17, 15) is 0 Å². The Hall–Kier alpha value is -3.74. The lowest BCUT2D eigenvalue weighted by molar-refractivity contribution is 0.308. The van der Waals surface area contributed by atoms with Crippen LogP contribution in [0, 0.1) is 0 Å². The van der Waals surface area contributed by atoms with Crippen LogP contribution in [0.1, 0.15) is 32.1 Å². The predicted octanol–water partition coefficient (Wildman–Crippen LogP) is 5.59.